The van der Waals surface area contributed by atoms with Gasteiger partial charge in [-0.3, -0.25) is 14.5 Å². The highest BCUT2D eigenvalue weighted by molar-refractivity contribution is 7.80. The van der Waals surface area contributed by atoms with Gasteiger partial charge in [0.25, 0.3) is 5.91 Å². The van der Waals surface area contributed by atoms with Crippen LogP contribution in [0.5, 0.6) is 11.5 Å². The Kier molecular flexibility index (Phi) is 8.17. The topological polar surface area (TPSA) is 71.1 Å². The molecule has 36 heavy (non-hydrogen) atoms. The van der Waals surface area contributed by atoms with E-state index in [2.05, 4.69) is 5.32 Å². The molecule has 0 radical (unpaired) electrons. The minimum Gasteiger partial charge on any atom is -0.497 e. The number of hydrogen-bond donors (Lipinski definition) is 1. The second-order valence-corrected chi connectivity index (χ2v) is 8.77. The van der Waals surface area contributed by atoms with Crippen molar-refractivity contribution in [1.29, 1.82) is 0 Å². The average Bonchev–Trinajstić information content (AvgIpc) is 3.12. The van der Waals surface area contributed by atoms with Crippen molar-refractivity contribution in [3.63, 3.8) is 0 Å². The number of ether oxygens (including phenoxy) is 2. The van der Waals surface area contributed by atoms with Gasteiger partial charge in [0.15, 0.2) is 5.11 Å². The van der Waals surface area contributed by atoms with Crippen LogP contribution in [0.1, 0.15) is 25.3 Å². The van der Waals surface area contributed by atoms with Crippen molar-refractivity contribution >= 4 is 40.5 Å². The number of carbonyl (C=O) groups excluding carboxylic acids is 2. The summed E-state index contributed by atoms with van der Waals surface area (Å²) in [5.74, 6) is 0.919. The van der Waals surface area contributed by atoms with Gasteiger partial charge in [-0.2, -0.15) is 0 Å². The molecule has 1 saturated heterocycles. The molecular weight excluding hydrogens is 474 g/mol. The van der Waals surface area contributed by atoms with Crippen LogP contribution in [0.3, 0.4) is 0 Å². The van der Waals surface area contributed by atoms with Crippen molar-refractivity contribution in [2.75, 3.05) is 23.9 Å². The van der Waals surface area contributed by atoms with E-state index < -0.39 is 6.04 Å². The first-order chi connectivity index (χ1) is 17.5. The number of methoxy groups -OCH3 is 1. The molecule has 1 fully saturated rings. The van der Waals surface area contributed by atoms with Crippen molar-refractivity contribution in [1.82, 2.24) is 4.90 Å². The van der Waals surface area contributed by atoms with E-state index in [1.54, 1.807) is 43.5 Å². The van der Waals surface area contributed by atoms with Crippen LogP contribution in [0, 0.1) is 0 Å². The van der Waals surface area contributed by atoms with Crippen LogP contribution in [0.4, 0.5) is 11.4 Å². The minimum absolute atomic E-state index is 0.0352. The van der Waals surface area contributed by atoms with E-state index in [1.165, 1.54) is 4.90 Å². The van der Waals surface area contributed by atoms with Crippen LogP contribution in [-0.2, 0) is 16.1 Å². The predicted molar refractivity (Wildman–Crippen MR) is 144 cm³/mol. The molecule has 186 valence electrons. The maximum atomic E-state index is 13.6. The van der Waals surface area contributed by atoms with Crippen molar-refractivity contribution in [3.8, 4) is 11.5 Å². The first-order valence-electron chi connectivity index (χ1n) is 11.9. The fraction of sp³-hybridized carbons (Fsp3) is 0.250. The molecule has 1 N–H and O–H groups in total. The van der Waals surface area contributed by atoms with Crippen LogP contribution in [0.2, 0.25) is 0 Å². The summed E-state index contributed by atoms with van der Waals surface area (Å²) in [5.41, 5.74) is 2.27. The van der Waals surface area contributed by atoms with Gasteiger partial charge in [-0.05, 0) is 72.7 Å². The molecule has 1 atom stereocenters. The number of anilines is 2. The summed E-state index contributed by atoms with van der Waals surface area (Å²) in [6.07, 6.45) is 0.884. The summed E-state index contributed by atoms with van der Waals surface area (Å²) < 4.78 is 10.8. The second kappa shape index (κ2) is 11.7. The van der Waals surface area contributed by atoms with Gasteiger partial charge in [0.1, 0.15) is 17.5 Å². The molecule has 1 unspecified atom stereocenters. The molecule has 2 amide bonds. The summed E-state index contributed by atoms with van der Waals surface area (Å²) in [6.45, 7) is 3.10. The highest BCUT2D eigenvalue weighted by atomic mass is 32.1. The van der Waals surface area contributed by atoms with Gasteiger partial charge < -0.3 is 19.7 Å². The number of benzene rings is 3. The lowest BCUT2D eigenvalue weighted by Crippen LogP contribution is -2.37. The fourth-order valence-electron chi connectivity index (χ4n) is 4.00. The predicted octanol–water partition coefficient (Wildman–Crippen LogP) is 5.02. The van der Waals surface area contributed by atoms with Gasteiger partial charge in [0, 0.05) is 12.2 Å². The van der Waals surface area contributed by atoms with Crippen molar-refractivity contribution in [3.05, 3.63) is 84.4 Å². The highest BCUT2D eigenvalue weighted by Gasteiger charge is 2.44. The molecular formula is C28H29N3O4S. The summed E-state index contributed by atoms with van der Waals surface area (Å²) >= 11 is 5.74. The maximum absolute atomic E-state index is 13.6. The van der Waals surface area contributed by atoms with Crippen LogP contribution in [-0.4, -0.2) is 41.6 Å². The minimum atomic E-state index is -0.730. The highest BCUT2D eigenvalue weighted by Crippen LogP contribution is 2.30. The molecule has 4 rings (SSSR count). The normalized spacial score (nSPS) is 15.2. The van der Waals surface area contributed by atoms with Gasteiger partial charge >= 0.3 is 0 Å². The second-order valence-electron chi connectivity index (χ2n) is 8.41. The number of nitrogens with zero attached hydrogens (tertiary/aromatic N) is 2. The van der Waals surface area contributed by atoms with Crippen molar-refractivity contribution in [2.45, 2.75) is 32.4 Å². The Morgan fingerprint density at radius 1 is 0.972 bits per heavy atom. The van der Waals surface area contributed by atoms with E-state index >= 15 is 0 Å². The number of carbonyl (C=O) groups is 2. The van der Waals surface area contributed by atoms with Crippen LogP contribution in [0.15, 0.2) is 78.9 Å². The Morgan fingerprint density at radius 2 is 1.64 bits per heavy atom. The molecule has 0 bridgehead atoms. The lowest BCUT2D eigenvalue weighted by Gasteiger charge is -2.24. The lowest BCUT2D eigenvalue weighted by atomic mass is 10.1. The average molecular weight is 504 g/mol. The van der Waals surface area contributed by atoms with E-state index in [-0.39, 0.29) is 18.2 Å². The number of nitrogens with one attached hydrogen (secondary N) is 1. The number of thiocarbonyl (C=S) groups is 1. The third-order valence-corrected chi connectivity index (χ3v) is 6.25. The van der Waals surface area contributed by atoms with Gasteiger partial charge in [-0.25, -0.2) is 0 Å². The smallest absolute Gasteiger partial charge is 0.256 e. The zero-order valence-electron chi connectivity index (χ0n) is 20.3. The summed E-state index contributed by atoms with van der Waals surface area (Å²) in [5, 5.41) is 3.25. The Bertz CT molecular complexity index is 1200. The number of rotatable bonds is 10. The van der Waals surface area contributed by atoms with Crippen molar-refractivity contribution < 1.29 is 19.1 Å². The Balaban J connectivity index is 1.52. The van der Waals surface area contributed by atoms with E-state index in [1.807, 2.05) is 54.3 Å². The SMILES string of the molecule is CCCOc1ccc(NC(=O)CC2C(=O)N(c3ccc(OC)cc3)C(=S)N2Cc2ccccc2)cc1. The third kappa shape index (κ3) is 5.83. The molecule has 0 aromatic heterocycles. The molecule has 0 saturated carbocycles. The van der Waals surface area contributed by atoms with Gasteiger partial charge in [0.2, 0.25) is 5.91 Å². The molecule has 1 heterocycles. The Morgan fingerprint density at radius 3 is 2.28 bits per heavy atom. The van der Waals surface area contributed by atoms with Crippen LogP contribution in [0.25, 0.3) is 0 Å². The lowest BCUT2D eigenvalue weighted by molar-refractivity contribution is -0.124. The van der Waals surface area contributed by atoms with Gasteiger partial charge in [0.05, 0.1) is 25.8 Å². The zero-order valence-corrected chi connectivity index (χ0v) is 21.2. The molecule has 3 aromatic carbocycles. The van der Waals surface area contributed by atoms with E-state index in [9.17, 15) is 9.59 Å². The van der Waals surface area contributed by atoms with Gasteiger partial charge in [-0.1, -0.05) is 37.3 Å². The van der Waals surface area contributed by atoms with Crippen LogP contribution >= 0.6 is 12.2 Å². The quantitative estimate of drug-likeness (QED) is 0.392. The zero-order chi connectivity index (χ0) is 25.5. The van der Waals surface area contributed by atoms with Crippen molar-refractivity contribution in [2.24, 2.45) is 0 Å². The molecule has 7 nitrogen and oxygen atoms in total. The largest absolute Gasteiger partial charge is 0.497 e. The summed E-state index contributed by atoms with van der Waals surface area (Å²) in [7, 11) is 1.59. The van der Waals surface area contributed by atoms with Gasteiger partial charge in [-0.15, -0.1) is 0 Å². The molecule has 3 aromatic rings. The first kappa shape index (κ1) is 25.2. The number of hydrogen-bond acceptors (Lipinski definition) is 5. The monoisotopic (exact) mass is 503 g/mol. The van der Waals surface area contributed by atoms with E-state index in [4.69, 9.17) is 21.7 Å². The molecule has 1 aliphatic rings. The first-order valence-corrected chi connectivity index (χ1v) is 12.3. The third-order valence-electron chi connectivity index (χ3n) is 5.83. The molecule has 8 heteroatoms. The van der Waals surface area contributed by atoms with E-state index in [0.29, 0.717) is 35.4 Å². The standard InChI is InChI=1S/C28H29N3O4S/c1-3-17-35-24-13-9-21(10-14-24)29-26(32)18-25-27(33)31(22-11-15-23(34-2)16-12-22)28(36)30(25)19-20-7-5-4-6-8-20/h4-16,25H,3,17-19H2,1-2H3,(H,29,32). The molecule has 0 aliphatic carbocycles. The van der Waals surface area contributed by atoms with Crippen LogP contribution < -0.4 is 19.7 Å². The Hall–Kier alpha value is -3.91. The van der Waals surface area contributed by atoms with E-state index in [0.717, 1.165) is 17.7 Å². The summed E-state index contributed by atoms with van der Waals surface area (Å²) in [4.78, 5) is 29.9. The fourth-order valence-corrected chi connectivity index (χ4v) is 4.39. The number of amides is 2. The Labute approximate surface area is 216 Å². The summed E-state index contributed by atoms with van der Waals surface area (Å²) in [6, 6.07) is 23.4. The molecule has 0 spiro atoms. The maximum Gasteiger partial charge on any atom is 0.256 e. The molecule has 1 aliphatic heterocycles.